The molecule has 222 valence electrons. The van der Waals surface area contributed by atoms with Gasteiger partial charge in [0.15, 0.2) is 0 Å². The third-order valence-corrected chi connectivity index (χ3v) is 8.20. The van der Waals surface area contributed by atoms with Crippen LogP contribution in [0.1, 0.15) is 51.3 Å². The summed E-state index contributed by atoms with van der Waals surface area (Å²) in [4.78, 5) is 39.6. The van der Waals surface area contributed by atoms with Crippen LogP contribution in [0, 0.1) is 0 Å². The van der Waals surface area contributed by atoms with Gasteiger partial charge in [-0.1, -0.05) is 74.0 Å². The average Bonchev–Trinajstić information content (AvgIpc) is 3.04. The first kappa shape index (κ1) is 30.4. The second-order valence-electron chi connectivity index (χ2n) is 10.1. The van der Waals surface area contributed by atoms with Crippen molar-refractivity contribution < 1.29 is 24.2 Å². The van der Waals surface area contributed by atoms with E-state index in [0.717, 1.165) is 29.1 Å². The third kappa shape index (κ3) is 7.46. The Labute approximate surface area is 260 Å². The van der Waals surface area contributed by atoms with E-state index in [2.05, 4.69) is 17.6 Å². The van der Waals surface area contributed by atoms with E-state index in [1.54, 1.807) is 48.5 Å². The lowest BCUT2D eigenvalue weighted by Gasteiger charge is -2.18. The van der Waals surface area contributed by atoms with Crippen LogP contribution in [0.3, 0.4) is 0 Å². The van der Waals surface area contributed by atoms with Crippen LogP contribution in [-0.2, 0) is 4.79 Å². The first-order chi connectivity index (χ1) is 21.4. The number of hydrogen-bond acceptors (Lipinski definition) is 5. The predicted octanol–water partition coefficient (Wildman–Crippen LogP) is 8.44. The number of hydrogen-bond donors (Lipinski definition) is 3. The van der Waals surface area contributed by atoms with Gasteiger partial charge < -0.3 is 20.5 Å². The highest BCUT2D eigenvalue weighted by atomic mass is 32.2. The van der Waals surface area contributed by atoms with E-state index in [4.69, 9.17) is 4.74 Å². The minimum atomic E-state index is -1.10. The molecule has 7 nitrogen and oxygen atoms in total. The fourth-order valence-electron chi connectivity index (χ4n) is 4.77. The van der Waals surface area contributed by atoms with Crippen molar-refractivity contribution in [3.05, 3.63) is 132 Å². The zero-order valence-corrected chi connectivity index (χ0v) is 25.0. The van der Waals surface area contributed by atoms with Gasteiger partial charge in [-0.25, -0.2) is 4.79 Å². The van der Waals surface area contributed by atoms with Gasteiger partial charge in [0, 0.05) is 27.2 Å². The van der Waals surface area contributed by atoms with E-state index in [1.807, 2.05) is 60.7 Å². The fraction of sp³-hybridized carbons (Fsp3) is 0.139. The van der Waals surface area contributed by atoms with Crippen LogP contribution < -0.4 is 15.4 Å². The van der Waals surface area contributed by atoms with Gasteiger partial charge in [-0.05, 0) is 72.0 Å². The molecule has 0 spiro atoms. The minimum Gasteiger partial charge on any atom is -0.494 e. The van der Waals surface area contributed by atoms with E-state index in [9.17, 15) is 19.5 Å². The Morgan fingerprint density at radius 2 is 1.48 bits per heavy atom. The number of rotatable bonds is 12. The summed E-state index contributed by atoms with van der Waals surface area (Å²) in [6, 6.07) is 34.1. The molecule has 5 aromatic carbocycles. The number of benzene rings is 5. The smallest absolute Gasteiger partial charge is 0.336 e. The molecule has 0 heterocycles. The molecule has 3 N–H and O–H groups in total. The Bertz CT molecular complexity index is 1770. The highest BCUT2D eigenvalue weighted by molar-refractivity contribution is 8.00. The molecule has 2 amide bonds. The molecule has 0 saturated heterocycles. The van der Waals surface area contributed by atoms with E-state index in [0.29, 0.717) is 28.8 Å². The molecule has 0 aliphatic heterocycles. The number of unbranched alkanes of at least 4 members (excludes halogenated alkanes) is 1. The SMILES string of the molecule is CCCCOc1ccc(NC(=O)C(Sc2cccc(NC(=O)c3cccc4cccc(C(=O)O)c34)c2)c2ccccc2)cc1. The molecule has 0 saturated carbocycles. The van der Waals surface area contributed by atoms with Gasteiger partial charge in [0.2, 0.25) is 5.91 Å². The monoisotopic (exact) mass is 604 g/mol. The van der Waals surface area contributed by atoms with Gasteiger partial charge in [-0.15, -0.1) is 11.8 Å². The Balaban J connectivity index is 1.34. The Morgan fingerprint density at radius 3 is 2.18 bits per heavy atom. The molecule has 0 bridgehead atoms. The summed E-state index contributed by atoms with van der Waals surface area (Å²) < 4.78 is 5.73. The fourth-order valence-corrected chi connectivity index (χ4v) is 5.85. The van der Waals surface area contributed by atoms with E-state index in [1.165, 1.54) is 17.8 Å². The van der Waals surface area contributed by atoms with Crippen molar-refractivity contribution in [2.75, 3.05) is 17.2 Å². The van der Waals surface area contributed by atoms with Crippen molar-refractivity contribution in [3.63, 3.8) is 0 Å². The van der Waals surface area contributed by atoms with Crippen LogP contribution in [0.25, 0.3) is 10.8 Å². The molecule has 0 aliphatic rings. The maximum Gasteiger partial charge on any atom is 0.336 e. The standard InChI is InChI=1S/C36H32N2O5S/c1-2-3-22-43-28-20-18-26(19-21-28)37-35(40)33(25-10-5-4-6-11-25)44-29-15-9-14-27(23-29)38-34(39)30-16-7-12-24-13-8-17-31(32(24)30)36(41)42/h4-21,23,33H,2-3,22H2,1H3,(H,37,40)(H,38,39)(H,41,42). The van der Waals surface area contributed by atoms with Gasteiger partial charge in [0.1, 0.15) is 11.0 Å². The Morgan fingerprint density at radius 1 is 0.773 bits per heavy atom. The summed E-state index contributed by atoms with van der Waals surface area (Å²) in [5.41, 5.74) is 2.35. The van der Waals surface area contributed by atoms with Crippen molar-refractivity contribution >= 4 is 51.7 Å². The summed E-state index contributed by atoms with van der Waals surface area (Å²) in [5, 5.41) is 16.1. The number of anilines is 2. The van der Waals surface area contributed by atoms with Gasteiger partial charge in [0.05, 0.1) is 12.2 Å². The number of carboxylic acid groups (broad SMARTS) is 1. The maximum absolute atomic E-state index is 13.6. The molecule has 5 aromatic rings. The number of carbonyl (C=O) groups excluding carboxylic acids is 2. The van der Waals surface area contributed by atoms with Crippen molar-refractivity contribution in [2.45, 2.75) is 29.9 Å². The number of fused-ring (bicyclic) bond motifs is 1. The number of aromatic carboxylic acids is 1. The van der Waals surface area contributed by atoms with E-state index in [-0.39, 0.29) is 17.0 Å². The predicted molar refractivity (Wildman–Crippen MR) is 176 cm³/mol. The number of carboxylic acids is 1. The average molecular weight is 605 g/mol. The highest BCUT2D eigenvalue weighted by Crippen LogP contribution is 2.37. The van der Waals surface area contributed by atoms with Crippen LogP contribution >= 0.6 is 11.8 Å². The minimum absolute atomic E-state index is 0.0629. The van der Waals surface area contributed by atoms with Gasteiger partial charge in [0.25, 0.3) is 5.91 Å². The highest BCUT2D eigenvalue weighted by Gasteiger charge is 2.23. The molecule has 5 rings (SSSR count). The summed E-state index contributed by atoms with van der Waals surface area (Å²) in [6.07, 6.45) is 2.04. The van der Waals surface area contributed by atoms with Crippen molar-refractivity contribution in [1.29, 1.82) is 0 Å². The molecule has 8 heteroatoms. The van der Waals surface area contributed by atoms with Crippen molar-refractivity contribution in [2.24, 2.45) is 0 Å². The Hall–Kier alpha value is -5.08. The van der Waals surface area contributed by atoms with Crippen molar-refractivity contribution in [3.8, 4) is 5.75 Å². The number of carbonyl (C=O) groups is 3. The van der Waals surface area contributed by atoms with Crippen LogP contribution in [0.5, 0.6) is 5.75 Å². The zero-order chi connectivity index (χ0) is 30.9. The van der Waals surface area contributed by atoms with Gasteiger partial charge in [-0.3, -0.25) is 9.59 Å². The van der Waals surface area contributed by atoms with Crippen LogP contribution in [0.2, 0.25) is 0 Å². The van der Waals surface area contributed by atoms with Crippen LogP contribution in [-0.4, -0.2) is 29.5 Å². The van der Waals surface area contributed by atoms with E-state index < -0.39 is 17.1 Å². The molecular weight excluding hydrogens is 572 g/mol. The summed E-state index contributed by atoms with van der Waals surface area (Å²) in [6.45, 7) is 2.76. The molecule has 44 heavy (non-hydrogen) atoms. The lowest BCUT2D eigenvalue weighted by Crippen LogP contribution is -2.19. The summed E-state index contributed by atoms with van der Waals surface area (Å²) in [5.74, 6) is -0.958. The normalized spacial score (nSPS) is 11.5. The maximum atomic E-state index is 13.6. The number of amides is 2. The molecule has 0 aliphatic carbocycles. The second kappa shape index (κ2) is 14.4. The van der Waals surface area contributed by atoms with E-state index >= 15 is 0 Å². The lowest BCUT2D eigenvalue weighted by atomic mass is 9.98. The summed E-state index contributed by atoms with van der Waals surface area (Å²) >= 11 is 1.37. The van der Waals surface area contributed by atoms with Gasteiger partial charge in [-0.2, -0.15) is 0 Å². The molecule has 0 aromatic heterocycles. The molecule has 0 fully saturated rings. The number of nitrogens with one attached hydrogen (secondary N) is 2. The molecule has 0 radical (unpaired) electrons. The van der Waals surface area contributed by atoms with Crippen molar-refractivity contribution in [1.82, 2.24) is 0 Å². The topological polar surface area (TPSA) is 105 Å². The second-order valence-corrected chi connectivity index (χ2v) is 11.3. The number of thioether (sulfide) groups is 1. The van der Waals surface area contributed by atoms with Crippen LogP contribution in [0.4, 0.5) is 11.4 Å². The first-order valence-electron chi connectivity index (χ1n) is 14.3. The summed E-state index contributed by atoms with van der Waals surface area (Å²) in [7, 11) is 0. The van der Waals surface area contributed by atoms with Gasteiger partial charge >= 0.3 is 5.97 Å². The largest absolute Gasteiger partial charge is 0.494 e. The molecule has 1 unspecified atom stereocenters. The quantitative estimate of drug-likeness (QED) is 0.0975. The number of ether oxygens (including phenoxy) is 1. The molecular formula is C36H32N2O5S. The molecule has 1 atom stereocenters. The van der Waals surface area contributed by atoms with Crippen LogP contribution in [0.15, 0.2) is 120 Å². The Kier molecular flexibility index (Phi) is 9.94. The third-order valence-electron chi connectivity index (χ3n) is 6.95. The first-order valence-corrected chi connectivity index (χ1v) is 15.2. The lowest BCUT2D eigenvalue weighted by molar-refractivity contribution is -0.115. The zero-order valence-electron chi connectivity index (χ0n) is 24.2.